The van der Waals surface area contributed by atoms with Crippen LogP contribution < -0.4 is 5.73 Å². The standard InChI is InChI=1S/C5H12N2O2S/c6-5-1-3-7(4-2-5)10(8)9/h5H,1-4,6H2,(H,8,9). The Kier molecular flexibility index (Phi) is 2.79. The van der Waals surface area contributed by atoms with Crippen LogP contribution in [-0.4, -0.2) is 32.2 Å². The van der Waals surface area contributed by atoms with Gasteiger partial charge in [-0.05, 0) is 12.8 Å². The van der Waals surface area contributed by atoms with E-state index in [1.165, 1.54) is 4.31 Å². The third-order valence-corrected chi connectivity index (χ3v) is 2.53. The van der Waals surface area contributed by atoms with Gasteiger partial charge in [0.2, 0.25) is 11.3 Å². The molecule has 1 heterocycles. The minimum Gasteiger partial charge on any atom is -0.328 e. The Hall–Kier alpha value is 0.0300. The van der Waals surface area contributed by atoms with Gasteiger partial charge in [-0.15, -0.1) is 0 Å². The van der Waals surface area contributed by atoms with Crippen LogP contribution in [-0.2, 0) is 11.3 Å². The monoisotopic (exact) mass is 164 g/mol. The average Bonchev–Trinajstić information content (AvgIpc) is 1.88. The highest BCUT2D eigenvalue weighted by Gasteiger charge is 2.18. The molecule has 0 aromatic heterocycles. The van der Waals surface area contributed by atoms with Gasteiger partial charge in [-0.2, -0.15) is 0 Å². The van der Waals surface area contributed by atoms with Crippen molar-refractivity contribution in [2.24, 2.45) is 5.73 Å². The summed E-state index contributed by atoms with van der Waals surface area (Å²) in [6.07, 6.45) is 1.65. The van der Waals surface area contributed by atoms with Gasteiger partial charge in [0.05, 0.1) is 0 Å². The lowest BCUT2D eigenvalue weighted by atomic mass is 10.1. The third kappa shape index (κ3) is 2.02. The van der Waals surface area contributed by atoms with Crippen molar-refractivity contribution < 1.29 is 8.76 Å². The number of nitrogens with two attached hydrogens (primary N) is 1. The van der Waals surface area contributed by atoms with Crippen molar-refractivity contribution in [3.8, 4) is 0 Å². The normalized spacial score (nSPS) is 26.6. The molecule has 3 N–H and O–H groups in total. The van der Waals surface area contributed by atoms with E-state index in [9.17, 15) is 4.21 Å². The predicted octanol–water partition coefficient (Wildman–Crippen LogP) is -0.454. The fourth-order valence-electron chi connectivity index (χ4n) is 1.03. The maximum atomic E-state index is 10.5. The smallest absolute Gasteiger partial charge is 0.234 e. The molecule has 0 aromatic rings. The van der Waals surface area contributed by atoms with Crippen molar-refractivity contribution >= 4 is 11.3 Å². The van der Waals surface area contributed by atoms with Gasteiger partial charge >= 0.3 is 0 Å². The topological polar surface area (TPSA) is 66.6 Å². The van der Waals surface area contributed by atoms with Crippen molar-refractivity contribution in [1.29, 1.82) is 0 Å². The maximum absolute atomic E-state index is 10.5. The molecule has 60 valence electrons. The number of hydrogen-bond acceptors (Lipinski definition) is 2. The molecular weight excluding hydrogens is 152 g/mol. The zero-order chi connectivity index (χ0) is 7.56. The first kappa shape index (κ1) is 8.13. The summed E-state index contributed by atoms with van der Waals surface area (Å²) >= 11 is -1.79. The lowest BCUT2D eigenvalue weighted by Crippen LogP contribution is -2.40. The van der Waals surface area contributed by atoms with Gasteiger partial charge in [-0.3, -0.25) is 4.55 Å². The highest BCUT2D eigenvalue weighted by atomic mass is 32.2. The highest BCUT2D eigenvalue weighted by molar-refractivity contribution is 7.76. The van der Waals surface area contributed by atoms with Crippen LogP contribution in [0.2, 0.25) is 0 Å². The van der Waals surface area contributed by atoms with E-state index < -0.39 is 11.3 Å². The number of piperidine rings is 1. The van der Waals surface area contributed by atoms with E-state index in [-0.39, 0.29) is 6.04 Å². The second kappa shape index (κ2) is 3.43. The molecular formula is C5H12N2O2S. The molecule has 1 aliphatic rings. The van der Waals surface area contributed by atoms with Crippen LogP contribution in [0.4, 0.5) is 0 Å². The molecule has 0 spiro atoms. The molecule has 1 aliphatic heterocycles. The quantitative estimate of drug-likeness (QED) is 0.516. The Morgan fingerprint density at radius 2 is 2.00 bits per heavy atom. The molecule has 0 radical (unpaired) electrons. The fourth-order valence-corrected chi connectivity index (χ4v) is 1.56. The third-order valence-electron chi connectivity index (χ3n) is 1.72. The van der Waals surface area contributed by atoms with E-state index in [0.717, 1.165) is 12.8 Å². The van der Waals surface area contributed by atoms with Crippen molar-refractivity contribution in [3.63, 3.8) is 0 Å². The fraction of sp³-hybridized carbons (Fsp3) is 1.00. The second-order valence-corrected chi connectivity index (χ2v) is 3.48. The van der Waals surface area contributed by atoms with Crippen molar-refractivity contribution in [3.05, 3.63) is 0 Å². The molecule has 4 nitrogen and oxygen atoms in total. The minimum absolute atomic E-state index is 0.222. The summed E-state index contributed by atoms with van der Waals surface area (Å²) in [5.74, 6) is 0. The van der Waals surface area contributed by atoms with Crippen LogP contribution in [0.5, 0.6) is 0 Å². The molecule has 5 heteroatoms. The lowest BCUT2D eigenvalue weighted by Gasteiger charge is -2.26. The Labute approximate surface area is 62.8 Å². The van der Waals surface area contributed by atoms with Gasteiger partial charge in [0.25, 0.3) is 0 Å². The minimum atomic E-state index is -1.79. The van der Waals surface area contributed by atoms with Crippen LogP contribution in [0, 0.1) is 0 Å². The average molecular weight is 164 g/mol. The molecule has 0 saturated carbocycles. The van der Waals surface area contributed by atoms with Gasteiger partial charge in [-0.1, -0.05) is 0 Å². The summed E-state index contributed by atoms with van der Waals surface area (Å²) in [5.41, 5.74) is 5.59. The van der Waals surface area contributed by atoms with E-state index in [2.05, 4.69) is 0 Å². The van der Waals surface area contributed by atoms with Crippen molar-refractivity contribution in [1.82, 2.24) is 4.31 Å². The molecule has 0 amide bonds. The zero-order valence-electron chi connectivity index (χ0n) is 5.69. The summed E-state index contributed by atoms with van der Waals surface area (Å²) in [5, 5.41) is 0. The largest absolute Gasteiger partial charge is 0.328 e. The summed E-state index contributed by atoms with van der Waals surface area (Å²) in [6, 6.07) is 0.222. The molecule has 10 heavy (non-hydrogen) atoms. The molecule has 1 unspecified atom stereocenters. The van der Waals surface area contributed by atoms with Crippen molar-refractivity contribution in [2.45, 2.75) is 18.9 Å². The molecule has 0 aromatic carbocycles. The van der Waals surface area contributed by atoms with Gasteiger partial charge in [0.1, 0.15) is 0 Å². The van der Waals surface area contributed by atoms with Crippen molar-refractivity contribution in [2.75, 3.05) is 13.1 Å². The summed E-state index contributed by atoms with van der Waals surface area (Å²) < 4.78 is 20.6. The van der Waals surface area contributed by atoms with E-state index in [0.29, 0.717) is 13.1 Å². The summed E-state index contributed by atoms with van der Waals surface area (Å²) in [4.78, 5) is 0. The molecule has 0 bridgehead atoms. The van der Waals surface area contributed by atoms with E-state index in [1.807, 2.05) is 0 Å². The second-order valence-electron chi connectivity index (χ2n) is 2.50. The lowest BCUT2D eigenvalue weighted by molar-refractivity contribution is 0.314. The van der Waals surface area contributed by atoms with Crippen LogP contribution in [0.1, 0.15) is 12.8 Å². The van der Waals surface area contributed by atoms with Crippen LogP contribution in [0.15, 0.2) is 0 Å². The number of hydrogen-bond donors (Lipinski definition) is 2. The molecule has 1 fully saturated rings. The van der Waals surface area contributed by atoms with E-state index in [1.54, 1.807) is 0 Å². The molecule has 1 rings (SSSR count). The van der Waals surface area contributed by atoms with Gasteiger partial charge < -0.3 is 5.73 Å². The Morgan fingerprint density at radius 3 is 2.40 bits per heavy atom. The van der Waals surface area contributed by atoms with Crippen LogP contribution >= 0.6 is 0 Å². The first-order chi connectivity index (χ1) is 4.70. The number of rotatable bonds is 1. The molecule has 1 atom stereocenters. The maximum Gasteiger partial charge on any atom is 0.234 e. The van der Waals surface area contributed by atoms with E-state index in [4.69, 9.17) is 10.3 Å². The summed E-state index contributed by atoms with van der Waals surface area (Å²) in [6.45, 7) is 1.29. The molecule has 1 saturated heterocycles. The first-order valence-electron chi connectivity index (χ1n) is 3.31. The Bertz CT molecular complexity index is 134. The zero-order valence-corrected chi connectivity index (χ0v) is 6.51. The Morgan fingerprint density at radius 1 is 1.50 bits per heavy atom. The predicted molar refractivity (Wildman–Crippen MR) is 39.6 cm³/mol. The van der Waals surface area contributed by atoms with Gasteiger partial charge in [-0.25, -0.2) is 8.51 Å². The van der Waals surface area contributed by atoms with Gasteiger partial charge in [0, 0.05) is 19.1 Å². The number of nitrogens with zero attached hydrogens (tertiary/aromatic N) is 1. The first-order valence-corrected chi connectivity index (χ1v) is 4.38. The molecule has 0 aliphatic carbocycles. The Balaban J connectivity index is 2.33. The van der Waals surface area contributed by atoms with E-state index >= 15 is 0 Å². The van der Waals surface area contributed by atoms with Crippen LogP contribution in [0.25, 0.3) is 0 Å². The SMILES string of the molecule is NC1CCN(S(=O)O)CC1. The summed E-state index contributed by atoms with van der Waals surface area (Å²) in [7, 11) is 0. The van der Waals surface area contributed by atoms with Crippen LogP contribution in [0.3, 0.4) is 0 Å². The highest BCUT2D eigenvalue weighted by Crippen LogP contribution is 2.08. The van der Waals surface area contributed by atoms with Gasteiger partial charge in [0.15, 0.2) is 0 Å².